The molecule has 172 valence electrons. The van der Waals surface area contributed by atoms with Crippen LogP contribution in [-0.2, 0) is 12.8 Å². The summed E-state index contributed by atoms with van der Waals surface area (Å²) >= 11 is 1.53. The highest BCUT2D eigenvalue weighted by atomic mass is 32.2. The van der Waals surface area contributed by atoms with Gasteiger partial charge in [-0.2, -0.15) is 0 Å². The number of ether oxygens (including phenoxy) is 2. The number of para-hydroxylation sites is 1. The quantitative estimate of drug-likeness (QED) is 0.312. The average Bonchev–Trinajstić information content (AvgIpc) is 3.21. The highest BCUT2D eigenvalue weighted by Crippen LogP contribution is 2.36. The molecule has 10 heteroatoms. The van der Waals surface area contributed by atoms with Crippen molar-refractivity contribution in [2.45, 2.75) is 44.8 Å². The fraction of sp³-hybridized carbons (Fsp3) is 0.455. The number of rotatable bonds is 12. The molecule has 0 aliphatic carbocycles. The van der Waals surface area contributed by atoms with Crippen LogP contribution in [-0.4, -0.2) is 55.9 Å². The summed E-state index contributed by atoms with van der Waals surface area (Å²) in [6.45, 7) is 4.22. The zero-order chi connectivity index (χ0) is 22.9. The lowest BCUT2D eigenvalue weighted by Crippen LogP contribution is -2.12. The third kappa shape index (κ3) is 5.89. The van der Waals surface area contributed by atoms with Gasteiger partial charge in [-0.15, -0.1) is 10.2 Å². The molecule has 0 saturated heterocycles. The maximum Gasteiger partial charge on any atom is 0.239 e. The highest BCUT2D eigenvalue weighted by Gasteiger charge is 2.21. The van der Waals surface area contributed by atoms with Crippen molar-refractivity contribution in [1.82, 2.24) is 24.7 Å². The molecule has 0 radical (unpaired) electrons. The van der Waals surface area contributed by atoms with Crippen LogP contribution >= 0.6 is 11.9 Å². The lowest BCUT2D eigenvalue weighted by molar-refractivity contribution is 0.284. The molecule has 0 saturated carbocycles. The Kier molecular flexibility index (Phi) is 8.69. The van der Waals surface area contributed by atoms with Crippen molar-refractivity contribution in [2.75, 3.05) is 25.5 Å². The van der Waals surface area contributed by atoms with Crippen LogP contribution in [0.1, 0.15) is 37.0 Å². The summed E-state index contributed by atoms with van der Waals surface area (Å²) in [5, 5.41) is 18.2. The molecule has 0 spiro atoms. The van der Waals surface area contributed by atoms with Gasteiger partial charge in [0, 0.05) is 37.1 Å². The minimum atomic E-state index is 0.145. The number of aliphatic hydroxyl groups excluding tert-OH is 1. The van der Waals surface area contributed by atoms with E-state index in [4.69, 9.17) is 9.47 Å². The number of nitrogens with one attached hydrogen (secondary N) is 1. The Bertz CT molecular complexity index is 974. The molecule has 1 aromatic carbocycles. The van der Waals surface area contributed by atoms with Crippen molar-refractivity contribution in [3.63, 3.8) is 0 Å². The molecule has 0 aliphatic heterocycles. The van der Waals surface area contributed by atoms with E-state index in [1.165, 1.54) is 11.9 Å². The molecule has 0 bridgehead atoms. The second-order valence-electron chi connectivity index (χ2n) is 7.38. The van der Waals surface area contributed by atoms with Crippen LogP contribution in [0.15, 0.2) is 30.6 Å². The Hall–Kier alpha value is -2.85. The third-order valence-electron chi connectivity index (χ3n) is 4.82. The Morgan fingerprint density at radius 2 is 1.78 bits per heavy atom. The predicted molar refractivity (Wildman–Crippen MR) is 126 cm³/mol. The van der Waals surface area contributed by atoms with Crippen LogP contribution in [0.25, 0.3) is 5.69 Å². The van der Waals surface area contributed by atoms with Crippen molar-refractivity contribution < 1.29 is 14.6 Å². The maximum absolute atomic E-state index is 9.17. The monoisotopic (exact) mass is 458 g/mol. The average molecular weight is 459 g/mol. The Morgan fingerprint density at radius 1 is 1.09 bits per heavy atom. The molecule has 2 aromatic heterocycles. The van der Waals surface area contributed by atoms with Crippen LogP contribution in [0.4, 0.5) is 5.95 Å². The van der Waals surface area contributed by atoms with Gasteiger partial charge < -0.3 is 14.6 Å². The van der Waals surface area contributed by atoms with Gasteiger partial charge in [0.05, 0.1) is 14.2 Å². The van der Waals surface area contributed by atoms with Crippen LogP contribution in [0.2, 0.25) is 0 Å². The smallest absolute Gasteiger partial charge is 0.239 e. The SMILES string of the molecule is COc1cccc(OC)c1-n1c(CCCCO)nnc1NSC(C)Cc1ncc(C)cn1. The molecule has 2 heterocycles. The summed E-state index contributed by atoms with van der Waals surface area (Å²) in [6.07, 6.45) is 6.52. The first kappa shape index (κ1) is 23.8. The summed E-state index contributed by atoms with van der Waals surface area (Å²) in [5.74, 6) is 3.45. The van der Waals surface area contributed by atoms with E-state index >= 15 is 0 Å². The lowest BCUT2D eigenvalue weighted by Gasteiger charge is -2.18. The largest absolute Gasteiger partial charge is 0.494 e. The molecule has 2 N–H and O–H groups in total. The van der Waals surface area contributed by atoms with E-state index in [9.17, 15) is 5.11 Å². The lowest BCUT2D eigenvalue weighted by atomic mass is 10.2. The number of nitrogens with zero attached hydrogens (tertiary/aromatic N) is 5. The first-order valence-corrected chi connectivity index (χ1v) is 11.4. The Labute approximate surface area is 192 Å². The first-order chi connectivity index (χ1) is 15.6. The number of hydrogen-bond acceptors (Lipinski definition) is 9. The zero-order valence-electron chi connectivity index (χ0n) is 18.9. The first-order valence-electron chi connectivity index (χ1n) is 10.5. The van der Waals surface area contributed by atoms with E-state index in [2.05, 4.69) is 31.8 Å². The number of methoxy groups -OCH3 is 2. The van der Waals surface area contributed by atoms with Gasteiger partial charge in [-0.3, -0.25) is 9.29 Å². The number of anilines is 1. The molecule has 9 nitrogen and oxygen atoms in total. The van der Waals surface area contributed by atoms with Gasteiger partial charge in [0.1, 0.15) is 28.8 Å². The molecular weight excluding hydrogens is 428 g/mol. The van der Waals surface area contributed by atoms with E-state index < -0.39 is 0 Å². The Balaban J connectivity index is 1.85. The predicted octanol–water partition coefficient (Wildman–Crippen LogP) is 3.39. The minimum Gasteiger partial charge on any atom is -0.494 e. The van der Waals surface area contributed by atoms with Crippen LogP contribution in [0.3, 0.4) is 0 Å². The number of benzene rings is 1. The Morgan fingerprint density at radius 3 is 2.41 bits per heavy atom. The highest BCUT2D eigenvalue weighted by molar-refractivity contribution is 8.01. The topological polar surface area (TPSA) is 107 Å². The summed E-state index contributed by atoms with van der Waals surface area (Å²) < 4.78 is 16.5. The van der Waals surface area contributed by atoms with Gasteiger partial charge in [-0.25, -0.2) is 9.97 Å². The number of unbranched alkanes of at least 4 members (excludes halogenated alkanes) is 1. The van der Waals surface area contributed by atoms with Crippen molar-refractivity contribution in [3.8, 4) is 17.2 Å². The number of aryl methyl sites for hydroxylation is 2. The zero-order valence-corrected chi connectivity index (χ0v) is 19.7. The van der Waals surface area contributed by atoms with Crippen molar-refractivity contribution in [3.05, 3.63) is 47.8 Å². The standard InChI is InChI=1S/C22H30N6O3S/c1-15-13-23-19(24-14-15)12-16(2)32-27-22-26-25-20(10-5-6-11-29)28(22)21-17(30-3)8-7-9-18(21)31-4/h7-9,13-14,16,29H,5-6,10-12H2,1-4H3,(H,26,27). The van der Waals surface area contributed by atoms with Gasteiger partial charge >= 0.3 is 0 Å². The van der Waals surface area contributed by atoms with Gasteiger partial charge in [-0.05, 0) is 49.4 Å². The van der Waals surface area contributed by atoms with E-state index in [1.54, 1.807) is 14.2 Å². The van der Waals surface area contributed by atoms with Crippen LogP contribution < -0.4 is 14.2 Å². The van der Waals surface area contributed by atoms with Gasteiger partial charge in [0.25, 0.3) is 0 Å². The van der Waals surface area contributed by atoms with Crippen molar-refractivity contribution >= 4 is 17.9 Å². The molecule has 3 rings (SSSR count). The minimum absolute atomic E-state index is 0.145. The second kappa shape index (κ2) is 11.7. The van der Waals surface area contributed by atoms with Crippen LogP contribution in [0, 0.1) is 6.92 Å². The molecule has 0 aliphatic rings. The second-order valence-corrected chi connectivity index (χ2v) is 8.62. The normalized spacial score (nSPS) is 11.9. The molecule has 3 aromatic rings. The molecule has 1 atom stereocenters. The summed E-state index contributed by atoms with van der Waals surface area (Å²) in [7, 11) is 3.25. The van der Waals surface area contributed by atoms with Gasteiger partial charge in [-0.1, -0.05) is 13.0 Å². The number of hydrogen-bond donors (Lipinski definition) is 2. The van der Waals surface area contributed by atoms with Crippen molar-refractivity contribution in [2.24, 2.45) is 0 Å². The number of aliphatic hydroxyl groups is 1. The number of aromatic nitrogens is 5. The summed E-state index contributed by atoms with van der Waals surface area (Å²) in [4.78, 5) is 8.78. The van der Waals surface area contributed by atoms with Gasteiger partial charge in [0.15, 0.2) is 0 Å². The van der Waals surface area contributed by atoms with E-state index in [0.29, 0.717) is 36.7 Å². The molecular formula is C22H30N6O3S. The summed E-state index contributed by atoms with van der Waals surface area (Å²) in [6, 6.07) is 5.63. The van der Waals surface area contributed by atoms with E-state index in [1.807, 2.05) is 42.1 Å². The summed E-state index contributed by atoms with van der Waals surface area (Å²) in [5.41, 5.74) is 1.78. The van der Waals surface area contributed by atoms with Crippen LogP contribution in [0.5, 0.6) is 11.5 Å². The maximum atomic E-state index is 9.17. The molecule has 1 unspecified atom stereocenters. The van der Waals surface area contributed by atoms with E-state index in [0.717, 1.165) is 29.3 Å². The third-order valence-corrected chi connectivity index (χ3v) is 5.69. The molecule has 0 fully saturated rings. The molecule has 0 amide bonds. The van der Waals surface area contributed by atoms with Crippen molar-refractivity contribution in [1.29, 1.82) is 0 Å². The van der Waals surface area contributed by atoms with Gasteiger partial charge in [0.2, 0.25) is 5.95 Å². The molecule has 32 heavy (non-hydrogen) atoms. The fourth-order valence-electron chi connectivity index (χ4n) is 3.20. The van der Waals surface area contributed by atoms with E-state index in [-0.39, 0.29) is 11.9 Å². The fourth-order valence-corrected chi connectivity index (χ4v) is 3.87.